The predicted octanol–water partition coefficient (Wildman–Crippen LogP) is 6.45. The van der Waals surface area contributed by atoms with Crippen LogP contribution in [0.25, 0.3) is 22.7 Å². The summed E-state index contributed by atoms with van der Waals surface area (Å²) >= 11 is 0. The van der Waals surface area contributed by atoms with Crippen LogP contribution in [0.15, 0.2) is 48.5 Å². The Bertz CT molecular complexity index is 1370. The summed E-state index contributed by atoms with van der Waals surface area (Å²) in [6.07, 6.45) is 1.80. The summed E-state index contributed by atoms with van der Waals surface area (Å²) in [5, 5.41) is 9.78. The van der Waals surface area contributed by atoms with Gasteiger partial charge in [-0.2, -0.15) is 5.26 Å². The van der Waals surface area contributed by atoms with Crippen LogP contribution in [-0.4, -0.2) is 17.1 Å². The highest BCUT2D eigenvalue weighted by Crippen LogP contribution is 2.31. The van der Waals surface area contributed by atoms with Crippen molar-refractivity contribution in [2.75, 3.05) is 7.11 Å². The third-order valence-corrected chi connectivity index (χ3v) is 5.86. The first-order chi connectivity index (χ1) is 15.9. The maximum atomic E-state index is 9.78. The molecule has 0 aliphatic heterocycles. The zero-order chi connectivity index (χ0) is 23.5. The van der Waals surface area contributed by atoms with E-state index in [9.17, 15) is 5.26 Å². The minimum absolute atomic E-state index is 0.451. The van der Waals surface area contributed by atoms with E-state index >= 15 is 0 Å². The lowest BCUT2D eigenvalue weighted by molar-refractivity contribution is 0.284. The van der Waals surface area contributed by atoms with E-state index in [1.807, 2.05) is 24.3 Å². The van der Waals surface area contributed by atoms with Crippen LogP contribution < -0.4 is 9.47 Å². The number of nitrogens with zero attached hydrogens (tertiary/aromatic N) is 2. The second-order valence-electron chi connectivity index (χ2n) is 8.34. The molecule has 0 aliphatic rings. The van der Waals surface area contributed by atoms with Gasteiger partial charge in [0.05, 0.1) is 23.7 Å². The van der Waals surface area contributed by atoms with E-state index in [1.54, 1.807) is 13.2 Å². The lowest BCUT2D eigenvalue weighted by Gasteiger charge is -2.13. The average molecular weight is 438 g/mol. The zero-order valence-corrected chi connectivity index (χ0v) is 19.6. The molecule has 0 radical (unpaired) electrons. The Morgan fingerprint density at radius 2 is 1.76 bits per heavy atom. The SMILES string of the molecule is COc1cc(/C=C(/C#N)c2nc3cc(C)c(C)cc3[nH]2)ccc1OCc1cc(C)ccc1C. The molecule has 0 saturated carbocycles. The van der Waals surface area contributed by atoms with Gasteiger partial charge in [-0.3, -0.25) is 0 Å². The molecule has 0 fully saturated rings. The first-order valence-corrected chi connectivity index (χ1v) is 10.8. The van der Waals surface area contributed by atoms with Gasteiger partial charge in [0.25, 0.3) is 0 Å². The van der Waals surface area contributed by atoms with Gasteiger partial charge in [-0.1, -0.05) is 29.8 Å². The Labute approximate surface area is 194 Å². The average Bonchev–Trinajstić information content (AvgIpc) is 3.20. The number of H-pyrrole nitrogens is 1. The molecule has 1 aromatic heterocycles. The van der Waals surface area contributed by atoms with Gasteiger partial charge in [-0.05, 0) is 85.9 Å². The number of ether oxygens (including phenoxy) is 2. The Balaban J connectivity index is 1.61. The summed E-state index contributed by atoms with van der Waals surface area (Å²) in [7, 11) is 1.61. The number of hydrogen-bond donors (Lipinski definition) is 1. The fourth-order valence-electron chi connectivity index (χ4n) is 3.72. The molecule has 166 valence electrons. The first kappa shape index (κ1) is 22.2. The molecule has 1 heterocycles. The molecule has 5 heteroatoms. The fraction of sp³-hybridized carbons (Fsp3) is 0.214. The lowest BCUT2D eigenvalue weighted by atomic mass is 10.1. The van der Waals surface area contributed by atoms with E-state index in [4.69, 9.17) is 9.47 Å². The summed E-state index contributed by atoms with van der Waals surface area (Å²) in [6.45, 7) is 8.72. The van der Waals surface area contributed by atoms with Gasteiger partial charge in [0.1, 0.15) is 18.5 Å². The van der Waals surface area contributed by atoms with Crippen molar-refractivity contribution in [1.82, 2.24) is 9.97 Å². The van der Waals surface area contributed by atoms with Crippen molar-refractivity contribution in [3.05, 3.63) is 87.7 Å². The summed E-state index contributed by atoms with van der Waals surface area (Å²) in [5.41, 5.74) is 8.93. The van der Waals surface area contributed by atoms with Gasteiger partial charge in [-0.25, -0.2) is 4.98 Å². The Hall–Kier alpha value is -4.04. The van der Waals surface area contributed by atoms with E-state index in [1.165, 1.54) is 22.3 Å². The lowest BCUT2D eigenvalue weighted by Crippen LogP contribution is -2.00. The summed E-state index contributed by atoms with van der Waals surface area (Å²) in [6, 6.07) is 18.3. The van der Waals surface area contributed by atoms with Crippen molar-refractivity contribution in [2.24, 2.45) is 0 Å². The minimum Gasteiger partial charge on any atom is -0.493 e. The molecule has 33 heavy (non-hydrogen) atoms. The molecular weight excluding hydrogens is 410 g/mol. The first-order valence-electron chi connectivity index (χ1n) is 10.8. The largest absolute Gasteiger partial charge is 0.493 e. The van der Waals surface area contributed by atoms with Crippen LogP contribution in [-0.2, 0) is 6.61 Å². The number of benzene rings is 3. The number of methoxy groups -OCH3 is 1. The molecule has 4 aromatic rings. The van der Waals surface area contributed by atoms with Crippen molar-refractivity contribution in [3.8, 4) is 17.6 Å². The smallest absolute Gasteiger partial charge is 0.161 e. The van der Waals surface area contributed by atoms with Crippen molar-refractivity contribution >= 4 is 22.7 Å². The van der Waals surface area contributed by atoms with Gasteiger partial charge < -0.3 is 14.5 Å². The van der Waals surface area contributed by atoms with Gasteiger partial charge in [0, 0.05) is 0 Å². The summed E-state index contributed by atoms with van der Waals surface area (Å²) < 4.78 is 11.6. The molecular formula is C28H27N3O2. The molecule has 0 amide bonds. The molecule has 0 atom stereocenters. The van der Waals surface area contributed by atoms with Crippen molar-refractivity contribution in [3.63, 3.8) is 0 Å². The third kappa shape index (κ3) is 4.75. The van der Waals surface area contributed by atoms with Crippen LogP contribution >= 0.6 is 0 Å². The molecule has 0 bridgehead atoms. The van der Waals surface area contributed by atoms with E-state index in [-0.39, 0.29) is 0 Å². The van der Waals surface area contributed by atoms with E-state index < -0.39 is 0 Å². The maximum absolute atomic E-state index is 9.78. The Kier molecular flexibility index (Phi) is 6.19. The Morgan fingerprint density at radius 3 is 2.52 bits per heavy atom. The van der Waals surface area contributed by atoms with Crippen LogP contribution in [0, 0.1) is 39.0 Å². The van der Waals surface area contributed by atoms with Gasteiger partial charge >= 0.3 is 0 Å². The number of fused-ring (bicyclic) bond motifs is 1. The highest BCUT2D eigenvalue weighted by Gasteiger charge is 2.11. The number of nitrogens with one attached hydrogen (secondary N) is 1. The Morgan fingerprint density at radius 1 is 0.970 bits per heavy atom. The normalized spacial score (nSPS) is 11.5. The highest BCUT2D eigenvalue weighted by atomic mass is 16.5. The quantitative estimate of drug-likeness (QED) is 0.352. The number of hydrogen-bond acceptors (Lipinski definition) is 4. The topological polar surface area (TPSA) is 70.9 Å². The summed E-state index contributed by atoms with van der Waals surface area (Å²) in [5.74, 6) is 1.82. The predicted molar refractivity (Wildman–Crippen MR) is 132 cm³/mol. The molecule has 0 unspecified atom stereocenters. The van der Waals surface area contributed by atoms with Crippen molar-refractivity contribution in [2.45, 2.75) is 34.3 Å². The standard InChI is InChI=1S/C28H27N3O2/c1-17-6-7-18(2)23(10-17)16-33-26-9-8-21(14-27(26)32-5)13-22(15-29)28-30-24-11-19(3)20(4)12-25(24)31-28/h6-14H,16H2,1-5H3,(H,30,31)/b22-13-. The van der Waals surface area contributed by atoms with Crippen LogP contribution in [0.5, 0.6) is 11.5 Å². The number of rotatable bonds is 6. The number of aromatic amines is 1. The van der Waals surface area contributed by atoms with E-state index in [0.29, 0.717) is 29.5 Å². The second kappa shape index (κ2) is 9.22. The number of imidazole rings is 1. The van der Waals surface area contributed by atoms with Crippen LogP contribution in [0.3, 0.4) is 0 Å². The molecule has 0 spiro atoms. The van der Waals surface area contributed by atoms with Gasteiger partial charge in [0.15, 0.2) is 11.5 Å². The van der Waals surface area contributed by atoms with Crippen LogP contribution in [0.2, 0.25) is 0 Å². The zero-order valence-electron chi connectivity index (χ0n) is 19.6. The molecule has 1 N–H and O–H groups in total. The highest BCUT2D eigenvalue weighted by molar-refractivity contribution is 5.90. The molecule has 4 rings (SSSR count). The van der Waals surface area contributed by atoms with Gasteiger partial charge in [0.2, 0.25) is 0 Å². The third-order valence-electron chi connectivity index (χ3n) is 5.86. The second-order valence-corrected chi connectivity index (χ2v) is 8.34. The van der Waals surface area contributed by atoms with E-state index in [0.717, 1.165) is 22.2 Å². The van der Waals surface area contributed by atoms with Crippen LogP contribution in [0.4, 0.5) is 0 Å². The number of aryl methyl sites for hydroxylation is 4. The minimum atomic E-state index is 0.451. The number of aromatic nitrogens is 2. The molecule has 3 aromatic carbocycles. The van der Waals surface area contributed by atoms with Gasteiger partial charge in [-0.15, -0.1) is 0 Å². The number of allylic oxidation sites excluding steroid dienone is 1. The molecule has 0 aliphatic carbocycles. The van der Waals surface area contributed by atoms with Crippen LogP contribution in [0.1, 0.15) is 39.2 Å². The summed E-state index contributed by atoms with van der Waals surface area (Å²) in [4.78, 5) is 7.88. The van der Waals surface area contributed by atoms with Crippen molar-refractivity contribution in [1.29, 1.82) is 5.26 Å². The molecule has 5 nitrogen and oxygen atoms in total. The maximum Gasteiger partial charge on any atom is 0.161 e. The monoisotopic (exact) mass is 437 g/mol. The molecule has 0 saturated heterocycles. The van der Waals surface area contributed by atoms with E-state index in [2.05, 4.69) is 68.0 Å². The number of nitriles is 1. The fourth-order valence-corrected chi connectivity index (χ4v) is 3.72. The van der Waals surface area contributed by atoms with Crippen molar-refractivity contribution < 1.29 is 9.47 Å².